The number of fused-ring (bicyclic) bond motifs is 1. The number of imidazole rings is 1. The third kappa shape index (κ3) is 3.52. The number of rotatable bonds is 4. The molecule has 0 spiro atoms. The molecule has 0 unspecified atom stereocenters. The maximum atomic E-state index is 12.6. The molecule has 2 heterocycles. The number of amides is 1. The van der Waals surface area contributed by atoms with E-state index in [1.165, 1.54) is 7.11 Å². The van der Waals surface area contributed by atoms with Gasteiger partial charge in [-0.25, -0.2) is 9.78 Å². The summed E-state index contributed by atoms with van der Waals surface area (Å²) >= 11 is 0. The van der Waals surface area contributed by atoms with E-state index in [0.717, 1.165) is 16.8 Å². The number of nitrogens with zero attached hydrogens (tertiary/aromatic N) is 3. The standard InChI is InChI=1S/C19H19N3O3/c1-13-8-9-22-12-16(20-17(22)10-13)18(23)21(2)11-14-4-6-15(7-5-14)19(24)25-3/h4-10,12H,11H2,1-3H3. The maximum absolute atomic E-state index is 12.6. The van der Waals surface area contributed by atoms with Crippen LogP contribution in [0.2, 0.25) is 0 Å². The molecule has 1 amide bonds. The summed E-state index contributed by atoms with van der Waals surface area (Å²) in [7, 11) is 3.07. The monoisotopic (exact) mass is 337 g/mol. The normalized spacial score (nSPS) is 10.7. The van der Waals surface area contributed by atoms with Gasteiger partial charge in [-0.2, -0.15) is 0 Å². The van der Waals surface area contributed by atoms with Gasteiger partial charge in [-0.15, -0.1) is 0 Å². The van der Waals surface area contributed by atoms with Crippen LogP contribution in [0.25, 0.3) is 5.65 Å². The van der Waals surface area contributed by atoms with Crippen LogP contribution in [0, 0.1) is 6.92 Å². The Morgan fingerprint density at radius 1 is 1.20 bits per heavy atom. The van der Waals surface area contributed by atoms with Gasteiger partial charge in [0.05, 0.1) is 12.7 Å². The van der Waals surface area contributed by atoms with Gasteiger partial charge in [0.15, 0.2) is 0 Å². The van der Waals surface area contributed by atoms with Crippen molar-refractivity contribution in [3.8, 4) is 0 Å². The maximum Gasteiger partial charge on any atom is 0.337 e. The number of hydrogen-bond donors (Lipinski definition) is 0. The fourth-order valence-electron chi connectivity index (χ4n) is 2.59. The van der Waals surface area contributed by atoms with E-state index >= 15 is 0 Å². The van der Waals surface area contributed by atoms with Gasteiger partial charge < -0.3 is 14.0 Å². The third-order valence-electron chi connectivity index (χ3n) is 3.98. The predicted octanol–water partition coefficient (Wildman–Crippen LogP) is 2.70. The zero-order chi connectivity index (χ0) is 18.0. The van der Waals surface area contributed by atoms with Crippen molar-refractivity contribution in [2.45, 2.75) is 13.5 Å². The van der Waals surface area contributed by atoms with Gasteiger partial charge >= 0.3 is 5.97 Å². The molecule has 128 valence electrons. The Balaban J connectivity index is 1.74. The lowest BCUT2D eigenvalue weighted by molar-refractivity contribution is 0.0600. The van der Waals surface area contributed by atoms with Gasteiger partial charge in [-0.05, 0) is 42.3 Å². The predicted molar refractivity (Wildman–Crippen MR) is 93.5 cm³/mol. The minimum Gasteiger partial charge on any atom is -0.465 e. The third-order valence-corrected chi connectivity index (χ3v) is 3.98. The van der Waals surface area contributed by atoms with Crippen LogP contribution < -0.4 is 0 Å². The second-order valence-electron chi connectivity index (χ2n) is 5.95. The lowest BCUT2D eigenvalue weighted by Gasteiger charge is -2.16. The summed E-state index contributed by atoms with van der Waals surface area (Å²) in [5.41, 5.74) is 3.65. The van der Waals surface area contributed by atoms with Gasteiger partial charge in [-0.1, -0.05) is 12.1 Å². The van der Waals surface area contributed by atoms with Crippen LogP contribution in [0.15, 0.2) is 48.8 Å². The van der Waals surface area contributed by atoms with Crippen LogP contribution in [0.3, 0.4) is 0 Å². The Morgan fingerprint density at radius 2 is 1.92 bits per heavy atom. The van der Waals surface area contributed by atoms with E-state index in [9.17, 15) is 9.59 Å². The second kappa shape index (κ2) is 6.76. The van der Waals surface area contributed by atoms with Gasteiger partial charge in [0.1, 0.15) is 11.3 Å². The topological polar surface area (TPSA) is 63.9 Å². The van der Waals surface area contributed by atoms with Crippen molar-refractivity contribution in [1.82, 2.24) is 14.3 Å². The fraction of sp³-hybridized carbons (Fsp3) is 0.211. The molecule has 0 radical (unpaired) electrons. The van der Waals surface area contributed by atoms with Crippen molar-refractivity contribution in [2.75, 3.05) is 14.2 Å². The van der Waals surface area contributed by atoms with Crippen molar-refractivity contribution in [1.29, 1.82) is 0 Å². The van der Waals surface area contributed by atoms with E-state index in [1.807, 2.05) is 41.8 Å². The number of carbonyl (C=O) groups excluding carboxylic acids is 2. The second-order valence-corrected chi connectivity index (χ2v) is 5.95. The quantitative estimate of drug-likeness (QED) is 0.687. The first-order valence-corrected chi connectivity index (χ1v) is 7.86. The molecule has 3 aromatic rings. The van der Waals surface area contributed by atoms with E-state index in [4.69, 9.17) is 0 Å². The Hall–Kier alpha value is -3.15. The number of esters is 1. The van der Waals surface area contributed by atoms with Gasteiger partial charge in [0.2, 0.25) is 0 Å². The molecule has 0 aliphatic carbocycles. The molecule has 0 saturated heterocycles. The first-order chi connectivity index (χ1) is 12.0. The van der Waals surface area contributed by atoms with E-state index in [2.05, 4.69) is 9.72 Å². The summed E-state index contributed by atoms with van der Waals surface area (Å²) in [6.45, 7) is 2.41. The summed E-state index contributed by atoms with van der Waals surface area (Å²) < 4.78 is 6.51. The Labute approximate surface area is 145 Å². The van der Waals surface area contributed by atoms with Crippen molar-refractivity contribution < 1.29 is 14.3 Å². The summed E-state index contributed by atoms with van der Waals surface area (Å²) in [5, 5.41) is 0. The van der Waals surface area contributed by atoms with Crippen LogP contribution in [0.5, 0.6) is 0 Å². The lowest BCUT2D eigenvalue weighted by atomic mass is 10.1. The summed E-state index contributed by atoms with van der Waals surface area (Å²) in [6.07, 6.45) is 3.62. The number of ether oxygens (including phenoxy) is 1. The molecule has 0 bridgehead atoms. The zero-order valence-electron chi connectivity index (χ0n) is 14.4. The van der Waals surface area contributed by atoms with Crippen molar-refractivity contribution >= 4 is 17.5 Å². The van der Waals surface area contributed by atoms with E-state index < -0.39 is 0 Å². The Kier molecular flexibility index (Phi) is 4.52. The SMILES string of the molecule is COC(=O)c1ccc(CN(C)C(=O)c2cn3ccc(C)cc3n2)cc1. The van der Waals surface area contributed by atoms with Crippen molar-refractivity contribution in [3.05, 3.63) is 71.2 Å². The molecule has 0 fully saturated rings. The molecule has 1 aromatic carbocycles. The summed E-state index contributed by atoms with van der Waals surface area (Å²) in [4.78, 5) is 30.0. The molecule has 0 aliphatic heterocycles. The molecular weight excluding hydrogens is 318 g/mol. The highest BCUT2D eigenvalue weighted by Gasteiger charge is 2.16. The molecule has 0 N–H and O–H groups in total. The molecule has 3 rings (SSSR count). The average Bonchev–Trinajstić information content (AvgIpc) is 3.04. The molecule has 6 heteroatoms. The molecule has 25 heavy (non-hydrogen) atoms. The fourth-order valence-corrected chi connectivity index (χ4v) is 2.59. The Bertz CT molecular complexity index is 929. The highest BCUT2D eigenvalue weighted by atomic mass is 16.5. The van der Waals surface area contributed by atoms with Crippen molar-refractivity contribution in [3.63, 3.8) is 0 Å². The molecule has 2 aromatic heterocycles. The van der Waals surface area contributed by atoms with E-state index in [1.54, 1.807) is 30.3 Å². The largest absolute Gasteiger partial charge is 0.465 e. The highest BCUT2D eigenvalue weighted by Crippen LogP contribution is 2.12. The zero-order valence-corrected chi connectivity index (χ0v) is 14.4. The van der Waals surface area contributed by atoms with Crippen LogP contribution in [0.4, 0.5) is 0 Å². The van der Waals surface area contributed by atoms with E-state index in [0.29, 0.717) is 17.8 Å². The first-order valence-electron chi connectivity index (χ1n) is 7.86. The average molecular weight is 337 g/mol. The number of carbonyl (C=O) groups is 2. The van der Waals surface area contributed by atoms with Crippen LogP contribution in [-0.4, -0.2) is 40.3 Å². The first kappa shape index (κ1) is 16.7. The molecular formula is C19H19N3O3. The number of hydrogen-bond acceptors (Lipinski definition) is 4. The summed E-state index contributed by atoms with van der Waals surface area (Å²) in [5.74, 6) is -0.533. The number of methoxy groups -OCH3 is 1. The van der Waals surface area contributed by atoms with Crippen LogP contribution >= 0.6 is 0 Å². The molecule has 6 nitrogen and oxygen atoms in total. The van der Waals surface area contributed by atoms with Crippen LogP contribution in [-0.2, 0) is 11.3 Å². The smallest absolute Gasteiger partial charge is 0.337 e. The number of pyridine rings is 1. The van der Waals surface area contributed by atoms with Gasteiger partial charge in [0, 0.05) is 26.0 Å². The van der Waals surface area contributed by atoms with E-state index in [-0.39, 0.29) is 11.9 Å². The minimum atomic E-state index is -0.379. The van der Waals surface area contributed by atoms with Gasteiger partial charge in [0.25, 0.3) is 5.91 Å². The molecule has 0 atom stereocenters. The highest BCUT2D eigenvalue weighted by molar-refractivity contribution is 5.92. The van der Waals surface area contributed by atoms with Gasteiger partial charge in [-0.3, -0.25) is 4.79 Å². The molecule has 0 aliphatic rings. The Morgan fingerprint density at radius 3 is 2.60 bits per heavy atom. The molecule has 0 saturated carbocycles. The number of aromatic nitrogens is 2. The minimum absolute atomic E-state index is 0.154. The summed E-state index contributed by atoms with van der Waals surface area (Å²) in [6, 6.07) is 10.9. The number of aryl methyl sites for hydroxylation is 1. The lowest BCUT2D eigenvalue weighted by Crippen LogP contribution is -2.26. The number of benzene rings is 1. The van der Waals surface area contributed by atoms with Crippen LogP contribution in [0.1, 0.15) is 32.0 Å². The van der Waals surface area contributed by atoms with Crippen molar-refractivity contribution in [2.24, 2.45) is 0 Å².